The normalized spacial score (nSPS) is 10.7. The molecule has 0 fully saturated rings. The number of ether oxygens (including phenoxy) is 3. The number of nitrogens with one attached hydrogen (secondary N) is 1. The van der Waals surface area contributed by atoms with Crippen LogP contribution in [0.4, 0.5) is 5.69 Å². The van der Waals surface area contributed by atoms with Crippen LogP contribution in [0.25, 0.3) is 0 Å². The van der Waals surface area contributed by atoms with Gasteiger partial charge in [-0.25, -0.2) is 14.4 Å². The van der Waals surface area contributed by atoms with Crippen molar-refractivity contribution in [3.05, 3.63) is 41.1 Å². The molecule has 0 aliphatic rings. The Morgan fingerprint density at radius 1 is 1.17 bits per heavy atom. The van der Waals surface area contributed by atoms with E-state index in [1.165, 1.54) is 14.2 Å². The summed E-state index contributed by atoms with van der Waals surface area (Å²) in [6.07, 6.45) is 0.952. The van der Waals surface area contributed by atoms with E-state index in [1.807, 2.05) is 0 Å². The quantitative estimate of drug-likeness (QED) is 0.485. The first-order valence-electron chi connectivity index (χ1n) is 6.86. The summed E-state index contributed by atoms with van der Waals surface area (Å²) in [4.78, 5) is 35.2. The number of benzene rings is 1. The molecule has 0 aromatic heterocycles. The molecule has 1 aromatic rings. The summed E-state index contributed by atoms with van der Waals surface area (Å²) in [5.74, 6) is -2.04. The average Bonchev–Trinajstić information content (AvgIpc) is 2.54. The Morgan fingerprint density at radius 2 is 1.87 bits per heavy atom. The number of carbonyl (C=O) groups is 3. The fraction of sp³-hybridized carbons (Fsp3) is 0.312. The van der Waals surface area contributed by atoms with Crippen LogP contribution in [0.15, 0.2) is 30.0 Å². The van der Waals surface area contributed by atoms with E-state index in [9.17, 15) is 14.4 Å². The molecule has 0 aliphatic carbocycles. The molecule has 0 bridgehead atoms. The summed E-state index contributed by atoms with van der Waals surface area (Å²) in [7, 11) is 2.37. The second kappa shape index (κ2) is 8.57. The highest BCUT2D eigenvalue weighted by Crippen LogP contribution is 2.23. The van der Waals surface area contributed by atoms with E-state index in [0.29, 0.717) is 11.3 Å². The maximum atomic E-state index is 12.0. The van der Waals surface area contributed by atoms with Gasteiger partial charge in [0.15, 0.2) is 0 Å². The highest BCUT2D eigenvalue weighted by molar-refractivity contribution is 6.02. The van der Waals surface area contributed by atoms with E-state index in [-0.39, 0.29) is 17.9 Å². The summed E-state index contributed by atoms with van der Waals surface area (Å²) in [6, 6.07) is 4.99. The molecule has 1 rings (SSSR count). The number of hydrogen-bond donors (Lipinski definition) is 1. The third kappa shape index (κ3) is 4.84. The zero-order valence-corrected chi connectivity index (χ0v) is 13.5. The molecule has 0 unspecified atom stereocenters. The van der Waals surface area contributed by atoms with Crippen molar-refractivity contribution >= 4 is 23.6 Å². The van der Waals surface area contributed by atoms with E-state index in [4.69, 9.17) is 4.74 Å². The van der Waals surface area contributed by atoms with E-state index >= 15 is 0 Å². The van der Waals surface area contributed by atoms with Crippen LogP contribution in [0.5, 0.6) is 0 Å². The molecule has 1 aromatic carbocycles. The molecule has 23 heavy (non-hydrogen) atoms. The van der Waals surface area contributed by atoms with Gasteiger partial charge < -0.3 is 19.5 Å². The number of anilines is 1. The molecule has 0 amide bonds. The highest BCUT2D eigenvalue weighted by Gasteiger charge is 2.19. The van der Waals surface area contributed by atoms with Gasteiger partial charge in [-0.3, -0.25) is 0 Å². The molecular weight excluding hydrogens is 302 g/mol. The van der Waals surface area contributed by atoms with Crippen molar-refractivity contribution in [3.63, 3.8) is 0 Å². The summed E-state index contributed by atoms with van der Waals surface area (Å²) in [5.41, 5.74) is 1.13. The van der Waals surface area contributed by atoms with Crippen molar-refractivity contribution in [1.29, 1.82) is 0 Å². The standard InChI is InChI=1S/C16H19NO6/c1-5-23-15(19)11-8-6-7-10(2)14(11)17-12(16(20)22-4)9-13(18)21-3/h6-9,17H,5H2,1-4H3/b12-9+. The first-order chi connectivity index (χ1) is 10.9. The van der Waals surface area contributed by atoms with Gasteiger partial charge >= 0.3 is 17.9 Å². The first kappa shape index (κ1) is 18.2. The number of rotatable bonds is 6. The number of aryl methyl sites for hydroxylation is 1. The first-order valence-corrected chi connectivity index (χ1v) is 6.86. The second-order valence-corrected chi connectivity index (χ2v) is 4.42. The van der Waals surface area contributed by atoms with Crippen LogP contribution in [0.3, 0.4) is 0 Å². The van der Waals surface area contributed by atoms with E-state index < -0.39 is 17.9 Å². The Bertz CT molecular complexity index is 635. The van der Waals surface area contributed by atoms with Crippen molar-refractivity contribution in [2.45, 2.75) is 13.8 Å². The minimum Gasteiger partial charge on any atom is -0.466 e. The zero-order chi connectivity index (χ0) is 17.4. The fourth-order valence-electron chi connectivity index (χ4n) is 1.78. The SMILES string of the molecule is CCOC(=O)c1cccc(C)c1N/C(=C/C(=O)OC)C(=O)OC. The lowest BCUT2D eigenvalue weighted by atomic mass is 10.1. The molecule has 0 atom stereocenters. The maximum absolute atomic E-state index is 12.0. The van der Waals surface area contributed by atoms with Crippen molar-refractivity contribution in [3.8, 4) is 0 Å². The van der Waals surface area contributed by atoms with E-state index in [1.54, 1.807) is 32.0 Å². The van der Waals surface area contributed by atoms with Crippen LogP contribution in [0.2, 0.25) is 0 Å². The topological polar surface area (TPSA) is 90.9 Å². The molecule has 7 nitrogen and oxygen atoms in total. The molecule has 124 valence electrons. The monoisotopic (exact) mass is 321 g/mol. The largest absolute Gasteiger partial charge is 0.466 e. The third-order valence-electron chi connectivity index (χ3n) is 2.90. The Labute approximate surface area is 134 Å². The van der Waals surface area contributed by atoms with Crippen molar-refractivity contribution < 1.29 is 28.6 Å². The Hall–Kier alpha value is -2.83. The Balaban J connectivity index is 3.28. The third-order valence-corrected chi connectivity index (χ3v) is 2.90. The second-order valence-electron chi connectivity index (χ2n) is 4.42. The lowest BCUT2D eigenvalue weighted by Gasteiger charge is -2.15. The smallest absolute Gasteiger partial charge is 0.354 e. The van der Waals surface area contributed by atoms with Gasteiger partial charge in [0, 0.05) is 0 Å². The maximum Gasteiger partial charge on any atom is 0.354 e. The lowest BCUT2D eigenvalue weighted by Crippen LogP contribution is -2.18. The Kier molecular flexibility index (Phi) is 6.79. The summed E-state index contributed by atoms with van der Waals surface area (Å²) < 4.78 is 14.1. The van der Waals surface area contributed by atoms with E-state index in [0.717, 1.165) is 6.08 Å². The van der Waals surface area contributed by atoms with Crippen molar-refractivity contribution in [2.24, 2.45) is 0 Å². The minimum atomic E-state index is -0.770. The van der Waals surface area contributed by atoms with Gasteiger partial charge in [-0.15, -0.1) is 0 Å². The van der Waals surface area contributed by atoms with Crippen LogP contribution < -0.4 is 5.32 Å². The number of hydrogen-bond acceptors (Lipinski definition) is 7. The van der Waals surface area contributed by atoms with Crippen LogP contribution in [-0.4, -0.2) is 38.7 Å². The van der Waals surface area contributed by atoms with Crippen LogP contribution in [0.1, 0.15) is 22.8 Å². The summed E-state index contributed by atoms with van der Waals surface area (Å²) in [5, 5.41) is 2.76. The van der Waals surface area contributed by atoms with Crippen molar-refractivity contribution in [1.82, 2.24) is 0 Å². The molecule has 0 heterocycles. The molecule has 7 heteroatoms. The fourth-order valence-corrected chi connectivity index (χ4v) is 1.78. The number of esters is 3. The predicted molar refractivity (Wildman–Crippen MR) is 82.9 cm³/mol. The van der Waals surface area contributed by atoms with Crippen LogP contribution in [0, 0.1) is 6.92 Å². The van der Waals surface area contributed by atoms with Gasteiger partial charge in [0.25, 0.3) is 0 Å². The van der Waals surface area contributed by atoms with Crippen LogP contribution >= 0.6 is 0 Å². The van der Waals surface area contributed by atoms with Gasteiger partial charge in [-0.1, -0.05) is 12.1 Å². The molecule has 0 radical (unpaired) electrons. The molecule has 0 spiro atoms. The Morgan fingerprint density at radius 3 is 2.43 bits per heavy atom. The van der Waals surface area contributed by atoms with Gasteiger partial charge in [0.2, 0.25) is 0 Å². The average molecular weight is 321 g/mol. The zero-order valence-electron chi connectivity index (χ0n) is 13.5. The van der Waals surface area contributed by atoms with Gasteiger partial charge in [0.05, 0.1) is 38.2 Å². The molecule has 0 aliphatic heterocycles. The highest BCUT2D eigenvalue weighted by atomic mass is 16.5. The number of methoxy groups -OCH3 is 2. The molecule has 1 N–H and O–H groups in total. The predicted octanol–water partition coefficient (Wildman–Crippen LogP) is 1.81. The molecular formula is C16H19NO6. The number of para-hydroxylation sites is 1. The summed E-state index contributed by atoms with van der Waals surface area (Å²) >= 11 is 0. The number of carbonyl (C=O) groups excluding carboxylic acids is 3. The molecule has 0 saturated carbocycles. The molecule has 0 saturated heterocycles. The van der Waals surface area contributed by atoms with Gasteiger partial charge in [0.1, 0.15) is 5.70 Å². The van der Waals surface area contributed by atoms with E-state index in [2.05, 4.69) is 14.8 Å². The van der Waals surface area contributed by atoms with Crippen molar-refractivity contribution in [2.75, 3.05) is 26.1 Å². The lowest BCUT2D eigenvalue weighted by molar-refractivity contribution is -0.138. The summed E-state index contributed by atoms with van der Waals surface area (Å²) in [6.45, 7) is 3.66. The van der Waals surface area contributed by atoms with Gasteiger partial charge in [-0.2, -0.15) is 0 Å². The van der Waals surface area contributed by atoms with Crippen LogP contribution in [-0.2, 0) is 23.8 Å². The van der Waals surface area contributed by atoms with Gasteiger partial charge in [-0.05, 0) is 25.5 Å². The minimum absolute atomic E-state index is 0.154.